The first-order valence-electron chi connectivity index (χ1n) is 9.20. The number of nitrogens with zero attached hydrogens (tertiary/aromatic N) is 2. The lowest BCUT2D eigenvalue weighted by molar-refractivity contribution is 0.0945. The molecule has 4 aromatic rings. The van der Waals surface area contributed by atoms with E-state index in [1.807, 2.05) is 32.0 Å². The zero-order valence-corrected chi connectivity index (χ0v) is 16.1. The Bertz CT molecular complexity index is 1190. The maximum absolute atomic E-state index is 12.9. The Hall–Kier alpha value is -3.87. The number of furan rings is 1. The monoisotopic (exact) mass is 388 g/mol. The third-order valence-corrected chi connectivity index (χ3v) is 4.82. The lowest BCUT2D eigenvalue weighted by Gasteiger charge is -2.09. The molecule has 3 aromatic heterocycles. The minimum atomic E-state index is -0.384. The number of amides is 2. The van der Waals surface area contributed by atoms with Gasteiger partial charge < -0.3 is 15.1 Å². The molecule has 0 fully saturated rings. The summed E-state index contributed by atoms with van der Waals surface area (Å²) in [5.74, 6) is 0.0141. The molecule has 1 aromatic carbocycles. The van der Waals surface area contributed by atoms with Crippen molar-refractivity contribution in [2.24, 2.45) is 0 Å². The number of hydrogen-bond donors (Lipinski definition) is 2. The van der Waals surface area contributed by atoms with E-state index in [0.29, 0.717) is 17.0 Å². The normalized spacial score (nSPS) is 10.8. The fourth-order valence-corrected chi connectivity index (χ4v) is 3.09. The second-order valence-corrected chi connectivity index (χ2v) is 6.70. The van der Waals surface area contributed by atoms with Crippen LogP contribution < -0.4 is 10.6 Å². The number of aromatic nitrogens is 2. The van der Waals surface area contributed by atoms with Gasteiger partial charge in [-0.25, -0.2) is 4.98 Å². The minimum absolute atomic E-state index is 0.143. The van der Waals surface area contributed by atoms with E-state index < -0.39 is 0 Å². The fraction of sp³-hybridized carbons (Fsp3) is 0.136. The largest absolute Gasteiger partial charge is 0.467 e. The molecule has 0 aliphatic carbocycles. The molecule has 0 radical (unpaired) electrons. The van der Waals surface area contributed by atoms with E-state index in [-0.39, 0.29) is 29.9 Å². The number of carbonyl (C=O) groups is 2. The van der Waals surface area contributed by atoms with Crippen molar-refractivity contribution in [3.05, 3.63) is 89.4 Å². The highest BCUT2D eigenvalue weighted by Gasteiger charge is 2.22. The van der Waals surface area contributed by atoms with Crippen LogP contribution in [0.3, 0.4) is 0 Å². The van der Waals surface area contributed by atoms with Gasteiger partial charge in [0.05, 0.1) is 18.3 Å². The average Bonchev–Trinajstić information content (AvgIpc) is 3.37. The summed E-state index contributed by atoms with van der Waals surface area (Å²) in [6.07, 6.45) is 3.26. The van der Waals surface area contributed by atoms with Gasteiger partial charge in [-0.1, -0.05) is 18.2 Å². The molecule has 146 valence electrons. The van der Waals surface area contributed by atoms with Crippen LogP contribution in [-0.4, -0.2) is 21.2 Å². The van der Waals surface area contributed by atoms with Crippen LogP contribution in [0.25, 0.3) is 5.52 Å². The Morgan fingerprint density at radius 1 is 1.03 bits per heavy atom. The van der Waals surface area contributed by atoms with Crippen molar-refractivity contribution in [3.8, 4) is 0 Å². The fourth-order valence-electron chi connectivity index (χ4n) is 3.09. The summed E-state index contributed by atoms with van der Waals surface area (Å²) in [5.41, 5.74) is 3.51. The van der Waals surface area contributed by atoms with Crippen LogP contribution in [0.15, 0.2) is 65.4 Å². The molecule has 0 aliphatic heterocycles. The molecule has 0 saturated carbocycles. The average molecular weight is 388 g/mol. The second kappa shape index (κ2) is 7.63. The van der Waals surface area contributed by atoms with Crippen molar-refractivity contribution in [3.63, 3.8) is 0 Å². The summed E-state index contributed by atoms with van der Waals surface area (Å²) in [6, 6.07) is 14.6. The summed E-state index contributed by atoms with van der Waals surface area (Å²) in [5, 5.41) is 5.67. The molecule has 7 nitrogen and oxygen atoms in total. The Morgan fingerprint density at radius 2 is 1.90 bits per heavy atom. The van der Waals surface area contributed by atoms with Crippen molar-refractivity contribution in [2.75, 3.05) is 5.32 Å². The third-order valence-electron chi connectivity index (χ3n) is 4.82. The van der Waals surface area contributed by atoms with Gasteiger partial charge in [0.1, 0.15) is 5.76 Å². The van der Waals surface area contributed by atoms with E-state index >= 15 is 0 Å². The number of carbonyl (C=O) groups excluding carboxylic acids is 2. The van der Waals surface area contributed by atoms with Gasteiger partial charge in [0.2, 0.25) is 5.82 Å². The molecule has 0 atom stereocenters. The molecule has 29 heavy (non-hydrogen) atoms. The Kier molecular flexibility index (Phi) is 4.87. The van der Waals surface area contributed by atoms with Crippen molar-refractivity contribution < 1.29 is 14.0 Å². The van der Waals surface area contributed by atoms with E-state index in [1.165, 1.54) is 0 Å². The molecular weight excluding hydrogens is 368 g/mol. The SMILES string of the molecule is Cc1cccc(NC(=O)c2nc(C(=O)NCc3ccco3)c3ccccn23)c1C. The summed E-state index contributed by atoms with van der Waals surface area (Å²) in [6.45, 7) is 4.17. The zero-order valence-electron chi connectivity index (χ0n) is 16.1. The maximum Gasteiger partial charge on any atom is 0.292 e. The van der Waals surface area contributed by atoms with Crippen LogP contribution in [0.1, 0.15) is 38.0 Å². The second-order valence-electron chi connectivity index (χ2n) is 6.70. The van der Waals surface area contributed by atoms with Crippen LogP contribution >= 0.6 is 0 Å². The van der Waals surface area contributed by atoms with Crippen molar-refractivity contribution in [1.82, 2.24) is 14.7 Å². The number of imidazole rings is 1. The van der Waals surface area contributed by atoms with E-state index in [9.17, 15) is 9.59 Å². The Balaban J connectivity index is 1.64. The Morgan fingerprint density at radius 3 is 2.69 bits per heavy atom. The lowest BCUT2D eigenvalue weighted by atomic mass is 10.1. The first-order chi connectivity index (χ1) is 14.0. The predicted molar refractivity (Wildman–Crippen MR) is 109 cm³/mol. The number of pyridine rings is 1. The van der Waals surface area contributed by atoms with Gasteiger partial charge in [-0.15, -0.1) is 0 Å². The number of benzene rings is 1. The lowest BCUT2D eigenvalue weighted by Crippen LogP contribution is -2.23. The van der Waals surface area contributed by atoms with E-state index in [2.05, 4.69) is 15.6 Å². The molecule has 0 unspecified atom stereocenters. The zero-order chi connectivity index (χ0) is 20.4. The molecule has 2 amide bonds. The highest BCUT2D eigenvalue weighted by Crippen LogP contribution is 2.20. The smallest absolute Gasteiger partial charge is 0.292 e. The number of hydrogen-bond acceptors (Lipinski definition) is 4. The first kappa shape index (κ1) is 18.5. The summed E-state index contributed by atoms with van der Waals surface area (Å²) in [7, 11) is 0. The standard InChI is InChI=1S/C22H20N4O3/c1-14-7-5-9-17(15(14)2)24-22(28)20-25-19(18-10-3-4-11-26(18)20)21(27)23-13-16-8-6-12-29-16/h3-12H,13H2,1-2H3,(H,23,27)(H,24,28). The van der Waals surface area contributed by atoms with Crippen LogP contribution in [-0.2, 0) is 6.54 Å². The highest BCUT2D eigenvalue weighted by atomic mass is 16.3. The van der Waals surface area contributed by atoms with Crippen molar-refractivity contribution in [2.45, 2.75) is 20.4 Å². The third kappa shape index (κ3) is 3.62. The maximum atomic E-state index is 12.9. The number of anilines is 1. The van der Waals surface area contributed by atoms with Crippen LogP contribution in [0.5, 0.6) is 0 Å². The topological polar surface area (TPSA) is 88.6 Å². The molecule has 7 heteroatoms. The van der Waals surface area contributed by atoms with E-state index in [4.69, 9.17) is 4.42 Å². The Labute approximate surface area is 167 Å². The molecule has 2 N–H and O–H groups in total. The van der Waals surface area contributed by atoms with Gasteiger partial charge in [0.15, 0.2) is 5.69 Å². The van der Waals surface area contributed by atoms with Crippen molar-refractivity contribution >= 4 is 23.0 Å². The summed E-state index contributed by atoms with van der Waals surface area (Å²) < 4.78 is 6.85. The highest BCUT2D eigenvalue weighted by molar-refractivity contribution is 6.06. The van der Waals surface area contributed by atoms with Crippen LogP contribution in [0.4, 0.5) is 5.69 Å². The molecule has 4 rings (SSSR count). The van der Waals surface area contributed by atoms with Gasteiger partial charge in [-0.3, -0.25) is 14.0 Å². The minimum Gasteiger partial charge on any atom is -0.467 e. The molecule has 0 spiro atoms. The van der Waals surface area contributed by atoms with Crippen LogP contribution in [0, 0.1) is 13.8 Å². The molecular formula is C22H20N4O3. The van der Waals surface area contributed by atoms with Gasteiger partial charge >= 0.3 is 0 Å². The van der Waals surface area contributed by atoms with E-state index in [0.717, 1.165) is 11.1 Å². The van der Waals surface area contributed by atoms with Gasteiger partial charge in [-0.05, 0) is 55.3 Å². The predicted octanol–water partition coefficient (Wildman–Crippen LogP) is 3.73. The van der Waals surface area contributed by atoms with Gasteiger partial charge in [0, 0.05) is 11.9 Å². The molecule has 0 saturated heterocycles. The molecule has 0 bridgehead atoms. The van der Waals surface area contributed by atoms with Crippen molar-refractivity contribution in [1.29, 1.82) is 0 Å². The summed E-state index contributed by atoms with van der Waals surface area (Å²) >= 11 is 0. The number of rotatable bonds is 5. The molecule has 0 aliphatic rings. The number of nitrogens with one attached hydrogen (secondary N) is 2. The van der Waals surface area contributed by atoms with Gasteiger partial charge in [0.25, 0.3) is 11.8 Å². The first-order valence-corrected chi connectivity index (χ1v) is 9.20. The molecule has 3 heterocycles. The number of aryl methyl sites for hydroxylation is 1. The number of fused-ring (bicyclic) bond motifs is 1. The van der Waals surface area contributed by atoms with Crippen LogP contribution in [0.2, 0.25) is 0 Å². The quantitative estimate of drug-likeness (QED) is 0.545. The summed E-state index contributed by atoms with van der Waals surface area (Å²) in [4.78, 5) is 30.0. The van der Waals surface area contributed by atoms with Gasteiger partial charge in [-0.2, -0.15) is 0 Å². The van der Waals surface area contributed by atoms with E-state index in [1.54, 1.807) is 47.2 Å².